The molecule has 30 heavy (non-hydrogen) atoms. The van der Waals surface area contributed by atoms with Gasteiger partial charge in [-0.1, -0.05) is 34.5 Å². The van der Waals surface area contributed by atoms with Crippen molar-refractivity contribution in [2.24, 2.45) is 0 Å². The van der Waals surface area contributed by atoms with Crippen LogP contribution in [0.25, 0.3) is 22.1 Å². The van der Waals surface area contributed by atoms with E-state index in [0.717, 1.165) is 16.6 Å². The molecule has 0 spiro atoms. The van der Waals surface area contributed by atoms with Gasteiger partial charge in [-0.2, -0.15) is 0 Å². The van der Waals surface area contributed by atoms with Gasteiger partial charge in [-0.3, -0.25) is 0 Å². The number of nitrogens with one attached hydrogen (secondary N) is 1. The van der Waals surface area contributed by atoms with E-state index in [1.165, 1.54) is 14.2 Å². The van der Waals surface area contributed by atoms with Gasteiger partial charge in [0.05, 0.1) is 47.4 Å². The van der Waals surface area contributed by atoms with Gasteiger partial charge < -0.3 is 14.8 Å². The molecule has 0 amide bonds. The first-order valence-corrected chi connectivity index (χ1v) is 9.84. The summed E-state index contributed by atoms with van der Waals surface area (Å²) in [5, 5.41) is 12.0. The molecule has 0 fully saturated rings. The highest BCUT2D eigenvalue weighted by Gasteiger charge is 2.19. The second-order valence-electron chi connectivity index (χ2n) is 6.50. The molecule has 1 N–H and O–H groups in total. The lowest BCUT2D eigenvalue weighted by Crippen LogP contribution is -2.06. The van der Waals surface area contributed by atoms with Crippen molar-refractivity contribution >= 4 is 45.3 Å². The Kier molecular flexibility index (Phi) is 6.91. The molecule has 2 aromatic carbocycles. The zero-order valence-electron chi connectivity index (χ0n) is 17.3. The van der Waals surface area contributed by atoms with Crippen LogP contribution in [0.4, 0.5) is 0 Å². The lowest BCUT2D eigenvalue weighted by molar-refractivity contribution is 0.334. The van der Waals surface area contributed by atoms with Crippen LogP contribution >= 0.6 is 23.2 Å². The number of methoxy groups -OCH3 is 2. The highest BCUT2D eigenvalue weighted by molar-refractivity contribution is 6.43. The Balaban J connectivity index is 0.000000806. The molecule has 2 heterocycles. The average molecular weight is 449 g/mol. The zero-order valence-corrected chi connectivity index (χ0v) is 18.8. The number of nitrogens with zero attached hydrogens (tertiary/aromatic N) is 5. The van der Waals surface area contributed by atoms with Crippen LogP contribution in [0, 0.1) is 6.92 Å². The number of benzene rings is 2. The highest BCUT2D eigenvalue weighted by atomic mass is 35.5. The van der Waals surface area contributed by atoms with Gasteiger partial charge in [0.25, 0.3) is 11.8 Å². The van der Waals surface area contributed by atoms with Gasteiger partial charge in [-0.25, -0.2) is 14.6 Å². The molecule has 0 aliphatic heterocycles. The van der Waals surface area contributed by atoms with E-state index in [1.807, 2.05) is 39.2 Å². The van der Waals surface area contributed by atoms with Gasteiger partial charge in [0.1, 0.15) is 5.52 Å². The van der Waals surface area contributed by atoms with Crippen LogP contribution < -0.4 is 14.8 Å². The van der Waals surface area contributed by atoms with Gasteiger partial charge in [-0.15, -0.1) is 5.10 Å². The normalized spacial score (nSPS) is 10.8. The van der Waals surface area contributed by atoms with Crippen LogP contribution in [0.5, 0.6) is 11.8 Å². The summed E-state index contributed by atoms with van der Waals surface area (Å²) in [5.74, 6) is 0.541. The van der Waals surface area contributed by atoms with E-state index in [4.69, 9.17) is 32.7 Å². The van der Waals surface area contributed by atoms with Crippen molar-refractivity contribution in [3.8, 4) is 11.8 Å². The summed E-state index contributed by atoms with van der Waals surface area (Å²) < 4.78 is 12.3. The van der Waals surface area contributed by atoms with Crippen LogP contribution in [0.3, 0.4) is 0 Å². The quantitative estimate of drug-likeness (QED) is 0.506. The second-order valence-corrected chi connectivity index (χ2v) is 7.29. The number of rotatable bonds is 4. The number of hydrogen-bond donors (Lipinski definition) is 1. The van der Waals surface area contributed by atoms with Crippen molar-refractivity contribution in [2.45, 2.75) is 13.5 Å². The number of aryl methyl sites for hydroxylation is 1. The maximum Gasteiger partial charge on any atom is 0.278 e. The number of aromatic nitrogens is 5. The van der Waals surface area contributed by atoms with E-state index in [9.17, 15) is 0 Å². The summed E-state index contributed by atoms with van der Waals surface area (Å²) in [5.41, 5.74) is 4.61. The Labute approximate surface area is 184 Å². The monoisotopic (exact) mass is 448 g/mol. The first-order valence-electron chi connectivity index (χ1n) is 9.08. The molecule has 2 aromatic heterocycles. The van der Waals surface area contributed by atoms with E-state index in [2.05, 4.69) is 25.6 Å². The van der Waals surface area contributed by atoms with E-state index in [1.54, 1.807) is 10.7 Å². The Morgan fingerprint density at radius 3 is 2.33 bits per heavy atom. The van der Waals surface area contributed by atoms with Crippen molar-refractivity contribution in [3.05, 3.63) is 45.4 Å². The van der Waals surface area contributed by atoms with Gasteiger partial charge in [0.15, 0.2) is 0 Å². The average Bonchev–Trinajstić information content (AvgIpc) is 3.12. The fraction of sp³-hybridized carbons (Fsp3) is 0.300. The van der Waals surface area contributed by atoms with Crippen LogP contribution in [0.2, 0.25) is 10.0 Å². The zero-order chi connectivity index (χ0) is 21.8. The molecule has 0 aliphatic rings. The third-order valence-corrected chi connectivity index (χ3v) is 5.08. The fourth-order valence-electron chi connectivity index (χ4n) is 2.93. The molecule has 0 radical (unpaired) electrons. The third-order valence-electron chi connectivity index (χ3n) is 4.25. The summed E-state index contributed by atoms with van der Waals surface area (Å²) in [6.45, 7) is 2.34. The van der Waals surface area contributed by atoms with Crippen molar-refractivity contribution in [1.29, 1.82) is 0 Å². The van der Waals surface area contributed by atoms with Crippen LogP contribution in [0.15, 0.2) is 24.3 Å². The molecule has 10 heteroatoms. The van der Waals surface area contributed by atoms with Gasteiger partial charge in [0, 0.05) is 5.56 Å². The minimum Gasteiger partial charge on any atom is -0.477 e. The Hall–Kier alpha value is -2.68. The SMILES string of the molecule is CNC.COc1nc2cc(Cl)c(Cl)c(Cn3nnc4cc(C)ccc43)c2nc1OC. The summed E-state index contributed by atoms with van der Waals surface area (Å²) in [6.07, 6.45) is 0. The summed E-state index contributed by atoms with van der Waals surface area (Å²) >= 11 is 12.8. The maximum absolute atomic E-state index is 6.50. The first kappa shape index (κ1) is 22.0. The molecule has 4 aromatic rings. The molecule has 158 valence electrons. The molecule has 0 atom stereocenters. The predicted molar refractivity (Wildman–Crippen MR) is 119 cm³/mol. The minimum absolute atomic E-state index is 0.267. The molecule has 0 bridgehead atoms. The molecular formula is C20H22Cl2N6O2. The summed E-state index contributed by atoms with van der Waals surface area (Å²) in [6, 6.07) is 7.61. The second kappa shape index (κ2) is 9.42. The largest absolute Gasteiger partial charge is 0.477 e. The minimum atomic E-state index is 0.267. The smallest absolute Gasteiger partial charge is 0.278 e. The van der Waals surface area contributed by atoms with Gasteiger partial charge in [-0.05, 0) is 44.8 Å². The van der Waals surface area contributed by atoms with Crippen LogP contribution in [-0.2, 0) is 6.54 Å². The van der Waals surface area contributed by atoms with Crippen molar-refractivity contribution in [2.75, 3.05) is 28.3 Å². The van der Waals surface area contributed by atoms with Crippen molar-refractivity contribution in [1.82, 2.24) is 30.3 Å². The highest BCUT2D eigenvalue weighted by Crippen LogP contribution is 2.35. The Morgan fingerprint density at radius 1 is 1.00 bits per heavy atom. The predicted octanol–water partition coefficient (Wildman–Crippen LogP) is 3.89. The van der Waals surface area contributed by atoms with Gasteiger partial charge in [0.2, 0.25) is 0 Å². The summed E-state index contributed by atoms with van der Waals surface area (Å²) in [7, 11) is 6.75. The fourth-order valence-corrected chi connectivity index (χ4v) is 3.35. The van der Waals surface area contributed by atoms with E-state index in [0.29, 0.717) is 33.2 Å². The number of halogens is 2. The number of ether oxygens (including phenoxy) is 2. The van der Waals surface area contributed by atoms with Gasteiger partial charge >= 0.3 is 0 Å². The lowest BCUT2D eigenvalue weighted by Gasteiger charge is -2.13. The van der Waals surface area contributed by atoms with Crippen LogP contribution in [-0.4, -0.2) is 53.3 Å². The van der Waals surface area contributed by atoms with E-state index < -0.39 is 0 Å². The Bertz CT molecular complexity index is 1200. The lowest BCUT2D eigenvalue weighted by atomic mass is 10.1. The molecule has 4 rings (SSSR count). The topological polar surface area (TPSA) is 87.0 Å². The van der Waals surface area contributed by atoms with E-state index >= 15 is 0 Å². The third kappa shape index (κ3) is 4.26. The molecule has 0 saturated heterocycles. The standard InChI is InChI=1S/C18H15Cl2N5O2.C2H7N/c1-9-4-5-14-12(6-9)23-24-25(14)8-10-15(20)11(19)7-13-16(10)22-18(27-3)17(21-13)26-2;1-3-2/h4-7H,8H2,1-3H3;3H,1-2H3. The molecule has 8 nitrogen and oxygen atoms in total. The summed E-state index contributed by atoms with van der Waals surface area (Å²) in [4.78, 5) is 8.96. The van der Waals surface area contributed by atoms with Crippen molar-refractivity contribution in [3.63, 3.8) is 0 Å². The van der Waals surface area contributed by atoms with Crippen molar-refractivity contribution < 1.29 is 9.47 Å². The molecule has 0 saturated carbocycles. The Morgan fingerprint density at radius 2 is 1.67 bits per heavy atom. The van der Waals surface area contributed by atoms with E-state index in [-0.39, 0.29) is 11.8 Å². The maximum atomic E-state index is 6.50. The number of hydrogen-bond acceptors (Lipinski definition) is 7. The first-order chi connectivity index (χ1) is 14.4. The molecular weight excluding hydrogens is 427 g/mol. The molecule has 0 aliphatic carbocycles. The number of fused-ring (bicyclic) bond motifs is 2. The van der Waals surface area contributed by atoms with Crippen LogP contribution in [0.1, 0.15) is 11.1 Å². The molecule has 0 unspecified atom stereocenters.